The lowest BCUT2D eigenvalue weighted by Crippen LogP contribution is -2.34. The molecular weight excluding hydrogens is 873 g/mol. The SMILES string of the molecule is COC(=O)CCC1=C(C)c2cc3[nH]c(cc4[nH]c(cc5nc(cc1n2)C(CCC(=O)OC)=C5C)c(C(CO[Si](C)(C)C)O[Si](C)(C)C)c4C)c(C(CO[Si](C)(C)C)O[Si](C)(C)C)c3C. The molecule has 350 valence electrons. The molecule has 0 radical (unpaired) electrons. The summed E-state index contributed by atoms with van der Waals surface area (Å²) in [5.41, 5.74) is 14.6. The van der Waals surface area contributed by atoms with Crippen molar-refractivity contribution in [1.82, 2.24) is 19.9 Å². The number of aryl methyl sites for hydroxylation is 2. The molecule has 64 heavy (non-hydrogen) atoms. The lowest BCUT2D eigenvalue weighted by atomic mass is 9.98. The fourth-order valence-corrected chi connectivity index (χ4v) is 11.5. The van der Waals surface area contributed by atoms with Gasteiger partial charge in [0.25, 0.3) is 0 Å². The predicted molar refractivity (Wildman–Crippen MR) is 271 cm³/mol. The van der Waals surface area contributed by atoms with Crippen molar-refractivity contribution in [3.05, 3.63) is 69.3 Å². The molecule has 12 nitrogen and oxygen atoms in total. The van der Waals surface area contributed by atoms with Gasteiger partial charge in [0, 0.05) is 46.0 Å². The van der Waals surface area contributed by atoms with E-state index in [9.17, 15) is 9.59 Å². The predicted octanol–water partition coefficient (Wildman–Crippen LogP) is 12.2. The standard InChI is InChI=1S/C48H74N4O8Si4/c1-29-33(19-21-45(53)55-5)39-26-40-34(20-22-46(54)56-6)30(2)36(50-40)24-41-48(44(60-64(16,17)18)28-58-62(10,11)12)32(4)38(52-41)25-42-47(31(3)37(51-42)23-35(29)49-39)43(59-63(13,14)15)27-57-61(7,8)9/h23-26,43-44,51-52H,19-22,27-28H2,1-18H3. The maximum atomic E-state index is 12.6. The molecule has 2 N–H and O–H groups in total. The molecule has 8 bridgehead atoms. The summed E-state index contributed by atoms with van der Waals surface area (Å²) in [4.78, 5) is 43.4. The number of rotatable bonds is 18. The van der Waals surface area contributed by atoms with Gasteiger partial charge in [0.15, 0.2) is 33.3 Å². The van der Waals surface area contributed by atoms with E-state index in [2.05, 4.69) is 134 Å². The van der Waals surface area contributed by atoms with Gasteiger partial charge in [-0.2, -0.15) is 0 Å². The van der Waals surface area contributed by atoms with E-state index in [1.54, 1.807) is 0 Å². The van der Waals surface area contributed by atoms with Crippen LogP contribution in [0.3, 0.4) is 0 Å². The third-order valence-electron chi connectivity index (χ3n) is 11.2. The van der Waals surface area contributed by atoms with E-state index < -0.39 is 33.3 Å². The summed E-state index contributed by atoms with van der Waals surface area (Å²) in [6, 6.07) is 8.42. The number of allylic oxidation sites excluding steroid dienone is 4. The summed E-state index contributed by atoms with van der Waals surface area (Å²) in [5, 5.41) is 0. The third kappa shape index (κ3) is 13.2. The zero-order chi connectivity index (χ0) is 47.7. The normalized spacial score (nSPS) is 14.9. The number of ether oxygens (including phenoxy) is 2. The average molecular weight is 947 g/mol. The van der Waals surface area contributed by atoms with E-state index >= 15 is 0 Å². The van der Waals surface area contributed by atoms with Gasteiger partial charge in [-0.05, 0) is 177 Å². The van der Waals surface area contributed by atoms with Crippen LogP contribution in [0.15, 0.2) is 24.3 Å². The summed E-state index contributed by atoms with van der Waals surface area (Å²) >= 11 is 0. The van der Waals surface area contributed by atoms with Crippen LogP contribution in [0.5, 0.6) is 0 Å². The first-order valence-electron chi connectivity index (χ1n) is 22.5. The molecule has 0 amide bonds. The molecule has 3 aromatic rings. The highest BCUT2D eigenvalue weighted by molar-refractivity contribution is 6.71. The first-order chi connectivity index (χ1) is 29.6. The van der Waals surface area contributed by atoms with Crippen LogP contribution in [0.1, 0.15) is 96.8 Å². The Kier molecular flexibility index (Phi) is 16.0. The molecule has 2 aliphatic rings. The second kappa shape index (κ2) is 20.0. The van der Waals surface area contributed by atoms with Crippen LogP contribution in [0.2, 0.25) is 78.6 Å². The van der Waals surface area contributed by atoms with Crippen LogP contribution in [0, 0.1) is 13.8 Å². The van der Waals surface area contributed by atoms with Crippen molar-refractivity contribution in [3.8, 4) is 0 Å². The summed E-state index contributed by atoms with van der Waals surface area (Å²) in [6.45, 7) is 35.8. The molecule has 2 atom stereocenters. The fourth-order valence-electron chi connectivity index (χ4n) is 8.12. The van der Waals surface area contributed by atoms with Gasteiger partial charge in [-0.3, -0.25) is 9.59 Å². The molecule has 0 spiro atoms. The number of esters is 2. The summed E-state index contributed by atoms with van der Waals surface area (Å²) in [6.07, 6.45) is 0.572. The second-order valence-electron chi connectivity index (χ2n) is 21.0. The molecule has 2 unspecified atom stereocenters. The number of H-pyrrole nitrogens is 2. The third-order valence-corrected chi connectivity index (χ3v) is 15.3. The number of carbonyl (C=O) groups excluding carboxylic acids is 2. The Balaban J connectivity index is 1.99. The Labute approximate surface area is 385 Å². The van der Waals surface area contributed by atoms with Gasteiger partial charge in [-0.15, -0.1) is 0 Å². The van der Waals surface area contributed by atoms with Crippen LogP contribution in [0.25, 0.3) is 44.4 Å². The number of hydrogen-bond acceptors (Lipinski definition) is 10. The van der Waals surface area contributed by atoms with Crippen molar-refractivity contribution in [2.24, 2.45) is 0 Å². The average Bonchev–Trinajstić information content (AvgIpc) is 3.84. The highest BCUT2D eigenvalue weighted by atomic mass is 28.4. The number of nitrogens with zero attached hydrogens (tertiary/aromatic N) is 2. The van der Waals surface area contributed by atoms with Crippen LogP contribution >= 0.6 is 0 Å². The molecule has 5 heterocycles. The van der Waals surface area contributed by atoms with Gasteiger partial charge in [0.1, 0.15) is 0 Å². The van der Waals surface area contributed by atoms with Gasteiger partial charge < -0.3 is 37.1 Å². The molecule has 2 aliphatic heterocycles. The van der Waals surface area contributed by atoms with E-state index in [-0.39, 0.29) is 37.0 Å². The fraction of sp³-hybridized carbons (Fsp3) is 0.542. The van der Waals surface area contributed by atoms with E-state index in [1.807, 2.05) is 6.07 Å². The topological polar surface area (TPSA) is 147 Å². The monoisotopic (exact) mass is 946 g/mol. The minimum absolute atomic E-state index is 0.194. The largest absolute Gasteiger partial charge is 0.469 e. The summed E-state index contributed by atoms with van der Waals surface area (Å²) < 4.78 is 37.6. The highest BCUT2D eigenvalue weighted by Gasteiger charge is 2.32. The van der Waals surface area contributed by atoms with Crippen molar-refractivity contribution in [1.29, 1.82) is 0 Å². The van der Waals surface area contributed by atoms with Gasteiger partial charge in [0.2, 0.25) is 0 Å². The van der Waals surface area contributed by atoms with E-state index in [4.69, 9.17) is 37.1 Å². The van der Waals surface area contributed by atoms with Crippen molar-refractivity contribution >= 4 is 89.6 Å². The quantitative estimate of drug-likeness (QED) is 0.0933. The Bertz CT molecular complexity index is 2480. The van der Waals surface area contributed by atoms with Crippen LogP contribution in [-0.2, 0) is 36.8 Å². The Hall–Kier alpha value is -3.75. The number of methoxy groups -OCH3 is 2. The zero-order valence-electron chi connectivity index (χ0n) is 41.9. The lowest BCUT2D eigenvalue weighted by Gasteiger charge is -2.29. The molecule has 3 aromatic heterocycles. The Morgan fingerprint density at radius 3 is 1.23 bits per heavy atom. The maximum absolute atomic E-state index is 12.6. The van der Waals surface area contributed by atoms with Crippen LogP contribution < -0.4 is 0 Å². The molecule has 16 heteroatoms. The van der Waals surface area contributed by atoms with Crippen molar-refractivity contribution in [2.75, 3.05) is 27.4 Å². The first-order valence-corrected chi connectivity index (χ1v) is 36.1. The highest BCUT2D eigenvalue weighted by Crippen LogP contribution is 2.40. The van der Waals surface area contributed by atoms with E-state index in [0.717, 1.165) is 78.0 Å². The van der Waals surface area contributed by atoms with E-state index in [1.165, 1.54) is 14.2 Å². The second-order valence-corrected chi connectivity index (χ2v) is 38.9. The molecular formula is C48H74N4O8Si4. The molecule has 5 rings (SSSR count). The van der Waals surface area contributed by atoms with E-state index in [0.29, 0.717) is 37.4 Å². The lowest BCUT2D eigenvalue weighted by molar-refractivity contribution is -0.141. The minimum Gasteiger partial charge on any atom is -0.469 e. The number of fused-ring (bicyclic) bond motifs is 8. The summed E-state index contributed by atoms with van der Waals surface area (Å²) in [5.74, 6) is -0.593. The van der Waals surface area contributed by atoms with Gasteiger partial charge in [0.05, 0.1) is 62.4 Å². The van der Waals surface area contributed by atoms with Crippen LogP contribution in [-0.4, -0.2) is 92.6 Å². The molecule has 0 fully saturated rings. The Morgan fingerprint density at radius 1 is 0.516 bits per heavy atom. The smallest absolute Gasteiger partial charge is 0.305 e. The van der Waals surface area contributed by atoms with Gasteiger partial charge >= 0.3 is 11.9 Å². The van der Waals surface area contributed by atoms with Crippen molar-refractivity contribution in [3.63, 3.8) is 0 Å². The number of aromatic amines is 2. The summed E-state index contributed by atoms with van der Waals surface area (Å²) in [7, 11) is -5.28. The minimum atomic E-state index is -2.11. The van der Waals surface area contributed by atoms with Gasteiger partial charge in [-0.1, -0.05) is 0 Å². The number of aromatic nitrogens is 4. The first kappa shape index (κ1) is 51.2. The number of carbonyl (C=O) groups is 2. The number of hydrogen-bond donors (Lipinski definition) is 2. The maximum Gasteiger partial charge on any atom is 0.305 e. The van der Waals surface area contributed by atoms with Crippen LogP contribution in [0.4, 0.5) is 0 Å². The Morgan fingerprint density at radius 2 is 0.875 bits per heavy atom. The molecule has 0 saturated carbocycles. The van der Waals surface area contributed by atoms with Crippen molar-refractivity contribution in [2.45, 2.75) is 144 Å². The molecule has 0 aliphatic carbocycles. The number of nitrogens with one attached hydrogen (secondary N) is 2. The van der Waals surface area contributed by atoms with Gasteiger partial charge in [-0.25, -0.2) is 9.97 Å². The zero-order valence-corrected chi connectivity index (χ0v) is 45.9. The molecule has 0 saturated heterocycles. The molecule has 0 aromatic carbocycles. The van der Waals surface area contributed by atoms with Crippen molar-refractivity contribution < 1.29 is 36.8 Å².